The molecule has 0 saturated carbocycles. The smallest absolute Gasteiger partial charge is 0.261 e. The molecule has 2 aromatic carbocycles. The maximum absolute atomic E-state index is 12.8. The van der Waals surface area contributed by atoms with Crippen molar-refractivity contribution in [2.45, 2.75) is 31.7 Å². The Morgan fingerprint density at radius 2 is 1.93 bits per heavy atom. The van der Waals surface area contributed by atoms with Gasteiger partial charge in [-0.3, -0.25) is 9.52 Å². The van der Waals surface area contributed by atoms with Crippen LogP contribution < -0.4 is 4.72 Å². The topological polar surface area (TPSA) is 75.7 Å². The van der Waals surface area contributed by atoms with Crippen molar-refractivity contribution >= 4 is 21.6 Å². The van der Waals surface area contributed by atoms with E-state index in [1.165, 1.54) is 0 Å². The van der Waals surface area contributed by atoms with Crippen molar-refractivity contribution in [1.29, 1.82) is 0 Å². The van der Waals surface area contributed by atoms with Gasteiger partial charge >= 0.3 is 0 Å². The number of nitrogens with zero attached hydrogens (tertiary/aromatic N) is 1. The number of amides is 1. The lowest BCUT2D eigenvalue weighted by Gasteiger charge is -2.33. The number of hydrogen-bond donors (Lipinski definition) is 1. The van der Waals surface area contributed by atoms with Gasteiger partial charge in [0.05, 0.1) is 24.2 Å². The molecule has 6 nitrogen and oxygen atoms in total. The maximum Gasteiger partial charge on any atom is 0.261 e. The SMILES string of the molecule is Cc1ccc(S(=O)(=O)Nc2cccc(C(=O)N3CCOCC3C)c2)cc1C. The fourth-order valence-corrected chi connectivity index (χ4v) is 4.14. The summed E-state index contributed by atoms with van der Waals surface area (Å²) in [6.07, 6.45) is 0. The van der Waals surface area contributed by atoms with Crippen molar-refractivity contribution in [3.05, 3.63) is 59.2 Å². The number of sulfonamides is 1. The lowest BCUT2D eigenvalue weighted by Crippen LogP contribution is -2.47. The fourth-order valence-electron chi connectivity index (χ4n) is 3.01. The van der Waals surface area contributed by atoms with E-state index in [0.717, 1.165) is 11.1 Å². The Hall–Kier alpha value is -2.38. The van der Waals surface area contributed by atoms with Gasteiger partial charge in [-0.2, -0.15) is 0 Å². The molecule has 1 atom stereocenters. The second-order valence-electron chi connectivity index (χ2n) is 6.85. The number of morpholine rings is 1. The first kappa shape index (κ1) is 19.4. The Labute approximate surface area is 160 Å². The Morgan fingerprint density at radius 3 is 2.63 bits per heavy atom. The third-order valence-corrected chi connectivity index (χ3v) is 6.16. The van der Waals surface area contributed by atoms with Crippen LogP contribution in [-0.4, -0.2) is 45.0 Å². The maximum atomic E-state index is 12.8. The van der Waals surface area contributed by atoms with Crippen LogP contribution in [0.4, 0.5) is 5.69 Å². The van der Waals surface area contributed by atoms with Gasteiger partial charge in [0, 0.05) is 17.8 Å². The number of ether oxygens (including phenoxy) is 1. The molecule has 7 heteroatoms. The van der Waals surface area contributed by atoms with Crippen molar-refractivity contribution in [1.82, 2.24) is 4.90 Å². The van der Waals surface area contributed by atoms with Crippen molar-refractivity contribution in [3.63, 3.8) is 0 Å². The molecule has 1 amide bonds. The first-order valence-corrected chi connectivity index (χ1v) is 10.3. The van der Waals surface area contributed by atoms with Crippen LogP contribution in [-0.2, 0) is 14.8 Å². The minimum Gasteiger partial charge on any atom is -0.377 e. The van der Waals surface area contributed by atoms with Gasteiger partial charge in [0.25, 0.3) is 15.9 Å². The van der Waals surface area contributed by atoms with Gasteiger partial charge in [-0.1, -0.05) is 12.1 Å². The predicted octanol–water partition coefficient (Wildman–Crippen LogP) is 2.97. The average Bonchev–Trinajstić information content (AvgIpc) is 2.63. The Balaban J connectivity index is 1.83. The predicted molar refractivity (Wildman–Crippen MR) is 104 cm³/mol. The molecule has 1 unspecified atom stereocenters. The molecule has 1 saturated heterocycles. The molecule has 2 aromatic rings. The van der Waals surface area contributed by atoms with Crippen LogP contribution in [0.5, 0.6) is 0 Å². The zero-order valence-corrected chi connectivity index (χ0v) is 16.5. The minimum atomic E-state index is -3.73. The van der Waals surface area contributed by atoms with Gasteiger partial charge in [-0.15, -0.1) is 0 Å². The number of aryl methyl sites for hydroxylation is 2. The van der Waals surface area contributed by atoms with E-state index in [-0.39, 0.29) is 16.8 Å². The van der Waals surface area contributed by atoms with E-state index in [1.807, 2.05) is 20.8 Å². The standard InChI is InChI=1S/C20H24N2O4S/c1-14-7-8-19(11-15(14)2)27(24,25)21-18-6-4-5-17(12-18)20(23)22-9-10-26-13-16(22)3/h4-8,11-12,16,21H,9-10,13H2,1-3H3. The molecule has 0 bridgehead atoms. The Morgan fingerprint density at radius 1 is 1.15 bits per heavy atom. The number of carbonyl (C=O) groups excluding carboxylic acids is 1. The molecule has 1 aliphatic rings. The molecule has 1 fully saturated rings. The fraction of sp³-hybridized carbons (Fsp3) is 0.350. The average molecular weight is 388 g/mol. The summed E-state index contributed by atoms with van der Waals surface area (Å²) in [5.74, 6) is -0.127. The summed E-state index contributed by atoms with van der Waals surface area (Å²) in [4.78, 5) is 14.7. The molecule has 0 radical (unpaired) electrons. The first-order chi connectivity index (χ1) is 12.8. The van der Waals surface area contributed by atoms with Gasteiger partial charge in [-0.05, 0) is 62.2 Å². The van der Waals surface area contributed by atoms with Crippen LogP contribution in [0.3, 0.4) is 0 Å². The molecule has 1 heterocycles. The zero-order chi connectivity index (χ0) is 19.6. The second-order valence-corrected chi connectivity index (χ2v) is 8.54. The van der Waals surface area contributed by atoms with Crippen molar-refractivity contribution in [2.75, 3.05) is 24.5 Å². The molecular formula is C20H24N2O4S. The van der Waals surface area contributed by atoms with E-state index < -0.39 is 10.0 Å². The molecule has 3 rings (SSSR count). The highest BCUT2D eigenvalue weighted by molar-refractivity contribution is 7.92. The van der Waals surface area contributed by atoms with E-state index in [1.54, 1.807) is 47.4 Å². The number of rotatable bonds is 4. The van der Waals surface area contributed by atoms with Crippen molar-refractivity contribution < 1.29 is 17.9 Å². The highest BCUT2D eigenvalue weighted by Gasteiger charge is 2.25. The van der Waals surface area contributed by atoms with Crippen molar-refractivity contribution in [2.24, 2.45) is 0 Å². The van der Waals surface area contributed by atoms with Gasteiger partial charge in [0.2, 0.25) is 0 Å². The molecule has 144 valence electrons. The van der Waals surface area contributed by atoms with Gasteiger partial charge in [-0.25, -0.2) is 8.42 Å². The van der Waals surface area contributed by atoms with Crippen LogP contribution in [0.15, 0.2) is 47.4 Å². The third kappa shape index (κ3) is 4.31. The van der Waals surface area contributed by atoms with E-state index in [2.05, 4.69) is 4.72 Å². The Kier molecular flexibility index (Phi) is 5.53. The lowest BCUT2D eigenvalue weighted by molar-refractivity contribution is 0.00360. The van der Waals surface area contributed by atoms with Crippen LogP contribution in [0, 0.1) is 13.8 Å². The zero-order valence-electron chi connectivity index (χ0n) is 15.7. The number of nitrogens with one attached hydrogen (secondary N) is 1. The van der Waals surface area contributed by atoms with E-state index in [4.69, 9.17) is 4.74 Å². The van der Waals surface area contributed by atoms with E-state index >= 15 is 0 Å². The second kappa shape index (κ2) is 7.70. The quantitative estimate of drug-likeness (QED) is 0.874. The highest BCUT2D eigenvalue weighted by Crippen LogP contribution is 2.21. The van der Waals surface area contributed by atoms with Crippen molar-refractivity contribution in [3.8, 4) is 0 Å². The number of hydrogen-bond acceptors (Lipinski definition) is 4. The van der Waals surface area contributed by atoms with Crippen LogP contribution in [0.1, 0.15) is 28.4 Å². The van der Waals surface area contributed by atoms with Crippen LogP contribution in [0.25, 0.3) is 0 Å². The van der Waals surface area contributed by atoms with Gasteiger partial charge in [0.1, 0.15) is 0 Å². The summed E-state index contributed by atoms with van der Waals surface area (Å²) in [5.41, 5.74) is 2.74. The van der Waals surface area contributed by atoms with Gasteiger partial charge in [0.15, 0.2) is 0 Å². The van der Waals surface area contributed by atoms with Gasteiger partial charge < -0.3 is 9.64 Å². The van der Waals surface area contributed by atoms with E-state index in [9.17, 15) is 13.2 Å². The third-order valence-electron chi connectivity index (χ3n) is 4.78. The summed E-state index contributed by atoms with van der Waals surface area (Å²) >= 11 is 0. The minimum absolute atomic E-state index is 0.0119. The molecule has 1 aliphatic heterocycles. The number of benzene rings is 2. The molecular weight excluding hydrogens is 364 g/mol. The van der Waals surface area contributed by atoms with E-state index in [0.29, 0.717) is 31.0 Å². The first-order valence-electron chi connectivity index (χ1n) is 8.87. The van der Waals surface area contributed by atoms with Crippen LogP contribution >= 0.6 is 0 Å². The monoisotopic (exact) mass is 388 g/mol. The molecule has 0 spiro atoms. The summed E-state index contributed by atoms with van der Waals surface area (Å²) in [5, 5.41) is 0. The van der Waals surface area contributed by atoms with Crippen LogP contribution in [0.2, 0.25) is 0 Å². The summed E-state index contributed by atoms with van der Waals surface area (Å²) in [6.45, 7) is 7.28. The summed E-state index contributed by atoms with van der Waals surface area (Å²) in [7, 11) is -3.73. The number of anilines is 1. The summed E-state index contributed by atoms with van der Waals surface area (Å²) < 4.78 is 33.3. The molecule has 27 heavy (non-hydrogen) atoms. The molecule has 1 N–H and O–H groups in total. The normalized spacial score (nSPS) is 17.6. The number of carbonyl (C=O) groups is 1. The Bertz CT molecular complexity index is 956. The lowest BCUT2D eigenvalue weighted by atomic mass is 10.1. The molecule has 0 aliphatic carbocycles. The largest absolute Gasteiger partial charge is 0.377 e. The summed E-state index contributed by atoms with van der Waals surface area (Å²) in [6, 6.07) is 11.6. The highest BCUT2D eigenvalue weighted by atomic mass is 32.2. The molecule has 0 aromatic heterocycles.